The van der Waals surface area contributed by atoms with E-state index < -0.39 is 0 Å². The number of nitrogens with zero attached hydrogens (tertiary/aromatic N) is 4. The van der Waals surface area contributed by atoms with E-state index in [4.69, 9.17) is 26.7 Å². The average molecular weight is 501 g/mol. The van der Waals surface area contributed by atoms with Crippen molar-refractivity contribution in [2.75, 3.05) is 31.1 Å². The first-order chi connectivity index (χ1) is 16.3. The van der Waals surface area contributed by atoms with Gasteiger partial charge in [-0.25, -0.2) is 4.98 Å². The van der Waals surface area contributed by atoms with Crippen LogP contribution >= 0.6 is 24.0 Å². The van der Waals surface area contributed by atoms with Crippen LogP contribution in [0.25, 0.3) is 11.7 Å². The van der Waals surface area contributed by atoms with E-state index in [1.54, 1.807) is 21.6 Å². The molecule has 0 aromatic carbocycles. The molecule has 0 spiro atoms. The molecule has 0 radical (unpaired) electrons. The van der Waals surface area contributed by atoms with Gasteiger partial charge in [0.15, 0.2) is 0 Å². The number of hydrogen-bond acceptors (Lipinski definition) is 8. The summed E-state index contributed by atoms with van der Waals surface area (Å²) < 4.78 is 13.6. The normalized spacial score (nSPS) is 26.9. The van der Waals surface area contributed by atoms with Crippen molar-refractivity contribution in [3.8, 4) is 0 Å². The van der Waals surface area contributed by atoms with Crippen LogP contribution in [0.5, 0.6) is 0 Å². The molecule has 180 valence electrons. The Hall–Kier alpha value is -2.27. The molecule has 0 N–H and O–H groups in total. The topological polar surface area (TPSA) is 76.4 Å². The van der Waals surface area contributed by atoms with Gasteiger partial charge in [-0.05, 0) is 51.3 Å². The molecule has 10 heteroatoms. The van der Waals surface area contributed by atoms with Gasteiger partial charge in [-0.3, -0.25) is 18.9 Å². The van der Waals surface area contributed by atoms with E-state index in [-0.39, 0.29) is 29.8 Å². The number of carbonyl (C=O) groups is 1. The summed E-state index contributed by atoms with van der Waals surface area (Å²) in [6, 6.07) is 3.76. The van der Waals surface area contributed by atoms with E-state index in [2.05, 4.69) is 4.90 Å². The van der Waals surface area contributed by atoms with Gasteiger partial charge < -0.3 is 14.4 Å². The Morgan fingerprint density at radius 1 is 1.26 bits per heavy atom. The van der Waals surface area contributed by atoms with Gasteiger partial charge in [-0.2, -0.15) is 0 Å². The van der Waals surface area contributed by atoms with E-state index in [0.29, 0.717) is 52.5 Å². The van der Waals surface area contributed by atoms with Crippen LogP contribution < -0.4 is 10.5 Å². The molecular formula is C24H28N4O4S2. The van der Waals surface area contributed by atoms with Gasteiger partial charge in [-0.15, -0.1) is 0 Å². The lowest BCUT2D eigenvalue weighted by molar-refractivity contribution is -0.123. The number of morpholine rings is 1. The second-order valence-corrected chi connectivity index (χ2v) is 10.8. The minimum Gasteiger partial charge on any atom is -0.376 e. The average Bonchev–Trinajstić information content (AvgIpc) is 3.39. The molecule has 1 amide bonds. The summed E-state index contributed by atoms with van der Waals surface area (Å²) in [7, 11) is 0. The van der Waals surface area contributed by atoms with Crippen LogP contribution in [0.15, 0.2) is 28.0 Å². The SMILES string of the molecule is Cc1cccn2c(=O)c(/C=C3/SC(=S)N(C[C@@H]4CCCO4)C3=O)c(N3C[C@H](C)O[C@@H](C)C3)nc12. The van der Waals surface area contributed by atoms with E-state index in [1.165, 1.54) is 11.8 Å². The number of anilines is 1. The molecule has 5 heterocycles. The first kappa shape index (κ1) is 23.5. The smallest absolute Gasteiger partial charge is 0.267 e. The van der Waals surface area contributed by atoms with Crippen molar-refractivity contribution in [2.24, 2.45) is 0 Å². The maximum absolute atomic E-state index is 13.7. The molecule has 2 aromatic rings. The van der Waals surface area contributed by atoms with Crippen molar-refractivity contribution in [3.05, 3.63) is 44.7 Å². The summed E-state index contributed by atoms with van der Waals surface area (Å²) >= 11 is 6.73. The van der Waals surface area contributed by atoms with Crippen LogP contribution in [0.1, 0.15) is 37.8 Å². The number of ether oxygens (including phenoxy) is 2. The van der Waals surface area contributed by atoms with Gasteiger partial charge in [0.1, 0.15) is 15.8 Å². The zero-order valence-electron chi connectivity index (χ0n) is 19.5. The summed E-state index contributed by atoms with van der Waals surface area (Å²) in [6.07, 6.45) is 5.29. The molecular weight excluding hydrogens is 472 g/mol. The van der Waals surface area contributed by atoms with E-state index in [1.807, 2.05) is 32.9 Å². The number of carbonyl (C=O) groups excluding carboxylic acids is 1. The van der Waals surface area contributed by atoms with Crippen LogP contribution in [0.4, 0.5) is 5.82 Å². The van der Waals surface area contributed by atoms with Crippen molar-refractivity contribution in [1.29, 1.82) is 0 Å². The van der Waals surface area contributed by atoms with Gasteiger partial charge in [0.25, 0.3) is 11.5 Å². The highest BCUT2D eigenvalue weighted by atomic mass is 32.2. The predicted molar refractivity (Wildman–Crippen MR) is 137 cm³/mol. The minimum absolute atomic E-state index is 0.00153. The molecule has 3 fully saturated rings. The fourth-order valence-electron chi connectivity index (χ4n) is 4.80. The first-order valence-electron chi connectivity index (χ1n) is 11.6. The van der Waals surface area contributed by atoms with Crippen molar-refractivity contribution < 1.29 is 14.3 Å². The Morgan fingerprint density at radius 2 is 2.03 bits per heavy atom. The third-order valence-electron chi connectivity index (χ3n) is 6.34. The Labute approximate surface area is 207 Å². The van der Waals surface area contributed by atoms with Crippen molar-refractivity contribution >= 4 is 51.7 Å². The van der Waals surface area contributed by atoms with E-state index in [9.17, 15) is 9.59 Å². The number of aryl methyl sites for hydroxylation is 1. The monoisotopic (exact) mass is 500 g/mol. The Morgan fingerprint density at radius 3 is 2.74 bits per heavy atom. The maximum Gasteiger partial charge on any atom is 0.267 e. The number of pyridine rings is 1. The molecule has 3 saturated heterocycles. The van der Waals surface area contributed by atoms with Gasteiger partial charge in [-0.1, -0.05) is 30.0 Å². The Kier molecular flexibility index (Phi) is 6.49. The highest BCUT2D eigenvalue weighted by molar-refractivity contribution is 8.26. The van der Waals surface area contributed by atoms with Crippen molar-refractivity contribution in [1.82, 2.24) is 14.3 Å². The molecule has 2 aromatic heterocycles. The van der Waals surface area contributed by atoms with Gasteiger partial charge in [0.2, 0.25) is 0 Å². The highest BCUT2D eigenvalue weighted by Gasteiger charge is 2.35. The summed E-state index contributed by atoms with van der Waals surface area (Å²) in [4.78, 5) is 36.0. The summed E-state index contributed by atoms with van der Waals surface area (Å²) in [5.41, 5.74) is 1.70. The van der Waals surface area contributed by atoms with Crippen LogP contribution in [0.2, 0.25) is 0 Å². The van der Waals surface area contributed by atoms with Crippen LogP contribution in [0.3, 0.4) is 0 Å². The second kappa shape index (κ2) is 9.41. The molecule has 0 saturated carbocycles. The molecule has 0 unspecified atom stereocenters. The zero-order valence-corrected chi connectivity index (χ0v) is 21.2. The van der Waals surface area contributed by atoms with Crippen molar-refractivity contribution in [2.45, 2.75) is 51.9 Å². The lowest BCUT2D eigenvalue weighted by Crippen LogP contribution is -2.46. The minimum atomic E-state index is -0.208. The first-order valence-corrected chi connectivity index (χ1v) is 12.8. The second-order valence-electron chi connectivity index (χ2n) is 9.13. The molecule has 3 atom stereocenters. The van der Waals surface area contributed by atoms with Crippen molar-refractivity contribution in [3.63, 3.8) is 0 Å². The molecule has 3 aliphatic heterocycles. The summed E-state index contributed by atoms with van der Waals surface area (Å²) in [6.45, 7) is 8.34. The Bertz CT molecular complexity index is 1230. The van der Waals surface area contributed by atoms with E-state index >= 15 is 0 Å². The molecule has 5 rings (SSSR count). The fraction of sp³-hybridized carbons (Fsp3) is 0.500. The number of fused-ring (bicyclic) bond motifs is 1. The third-order valence-corrected chi connectivity index (χ3v) is 7.72. The maximum atomic E-state index is 13.7. The molecule has 0 aliphatic carbocycles. The molecule has 0 bridgehead atoms. The quantitative estimate of drug-likeness (QED) is 0.469. The van der Waals surface area contributed by atoms with Crippen LogP contribution in [0, 0.1) is 6.92 Å². The van der Waals surface area contributed by atoms with Crippen LogP contribution in [-0.2, 0) is 14.3 Å². The predicted octanol–water partition coefficient (Wildman–Crippen LogP) is 3.00. The Balaban J connectivity index is 1.59. The fourth-order valence-corrected chi connectivity index (χ4v) is 6.06. The van der Waals surface area contributed by atoms with Gasteiger partial charge >= 0.3 is 0 Å². The number of amides is 1. The van der Waals surface area contributed by atoms with Gasteiger partial charge in [0, 0.05) is 25.9 Å². The largest absolute Gasteiger partial charge is 0.376 e. The lowest BCUT2D eigenvalue weighted by Gasteiger charge is -2.36. The zero-order chi connectivity index (χ0) is 24.0. The lowest BCUT2D eigenvalue weighted by atomic mass is 10.1. The van der Waals surface area contributed by atoms with E-state index in [0.717, 1.165) is 18.4 Å². The molecule has 3 aliphatic rings. The number of hydrogen-bond donors (Lipinski definition) is 0. The molecule has 8 nitrogen and oxygen atoms in total. The van der Waals surface area contributed by atoms with Gasteiger partial charge in [0.05, 0.1) is 35.3 Å². The number of aromatic nitrogens is 2. The number of thiocarbonyl (C=S) groups is 1. The van der Waals surface area contributed by atoms with Crippen LogP contribution in [-0.4, -0.2) is 69.1 Å². The summed E-state index contributed by atoms with van der Waals surface area (Å²) in [5, 5.41) is 0. The molecule has 34 heavy (non-hydrogen) atoms. The highest BCUT2D eigenvalue weighted by Crippen LogP contribution is 2.35. The summed E-state index contributed by atoms with van der Waals surface area (Å²) in [5.74, 6) is 0.389. The number of thioether (sulfide) groups is 1. The number of rotatable bonds is 4. The third kappa shape index (κ3) is 4.39. The standard InChI is InChI=1S/C24H28N4O4S2/c1-14-6-4-8-27-20(14)25-21(26-11-15(2)32-16(3)12-26)18(22(27)29)10-19-23(30)28(24(33)34-19)13-17-7-5-9-31-17/h4,6,8,10,15-17H,5,7,9,11-13H2,1-3H3/b19-10+/t15-,16-,17-/m0/s1.